The van der Waals surface area contributed by atoms with Gasteiger partial charge in [0.15, 0.2) is 0 Å². The van der Waals surface area contributed by atoms with Gasteiger partial charge >= 0.3 is 0 Å². The van der Waals surface area contributed by atoms with Crippen molar-refractivity contribution in [2.75, 3.05) is 11.4 Å². The smallest absolute Gasteiger partial charge is 0.264 e. The molecular formula is C24H25ClN2O3S. The number of hydrogen-bond donors (Lipinski definition) is 1. The molecule has 0 heterocycles. The van der Waals surface area contributed by atoms with Crippen LogP contribution in [0.2, 0.25) is 5.02 Å². The van der Waals surface area contributed by atoms with E-state index in [2.05, 4.69) is 11.4 Å². The molecule has 31 heavy (non-hydrogen) atoms. The third-order valence-electron chi connectivity index (χ3n) is 5.20. The Morgan fingerprint density at radius 2 is 1.58 bits per heavy atom. The molecule has 1 atom stereocenters. The minimum absolute atomic E-state index is 0.142. The topological polar surface area (TPSA) is 66.5 Å². The van der Waals surface area contributed by atoms with E-state index in [1.165, 1.54) is 41.2 Å². The number of carbonyl (C=O) groups excluding carboxylic acids is 1. The second-order valence-corrected chi connectivity index (χ2v) is 9.93. The van der Waals surface area contributed by atoms with Crippen LogP contribution in [-0.2, 0) is 10.0 Å². The molecule has 0 spiro atoms. The summed E-state index contributed by atoms with van der Waals surface area (Å²) in [6.45, 7) is 6.00. The van der Waals surface area contributed by atoms with Gasteiger partial charge < -0.3 is 5.32 Å². The van der Waals surface area contributed by atoms with Gasteiger partial charge in [-0.2, -0.15) is 0 Å². The van der Waals surface area contributed by atoms with Gasteiger partial charge in [0.1, 0.15) is 0 Å². The van der Waals surface area contributed by atoms with Crippen LogP contribution in [0, 0.1) is 13.8 Å². The lowest BCUT2D eigenvalue weighted by Gasteiger charge is -2.20. The SMILES string of the molecule is Cc1ccc([C@@H](C)NC(=O)c2ccc(N(C)S(=O)(=O)c3ccc(Cl)cc3)cc2)c(C)c1. The highest BCUT2D eigenvalue weighted by Gasteiger charge is 2.21. The fourth-order valence-electron chi connectivity index (χ4n) is 3.40. The molecule has 3 rings (SSSR count). The molecule has 0 aromatic heterocycles. The predicted molar refractivity (Wildman–Crippen MR) is 125 cm³/mol. The van der Waals surface area contributed by atoms with E-state index in [4.69, 9.17) is 11.6 Å². The maximum atomic E-state index is 12.8. The van der Waals surface area contributed by atoms with E-state index >= 15 is 0 Å². The number of nitrogens with zero attached hydrogens (tertiary/aromatic N) is 1. The summed E-state index contributed by atoms with van der Waals surface area (Å²) in [5.74, 6) is -0.220. The van der Waals surface area contributed by atoms with Gasteiger partial charge in [-0.3, -0.25) is 9.10 Å². The molecule has 162 valence electrons. The average molecular weight is 457 g/mol. The van der Waals surface area contributed by atoms with Crippen LogP contribution in [-0.4, -0.2) is 21.4 Å². The quantitative estimate of drug-likeness (QED) is 0.549. The summed E-state index contributed by atoms with van der Waals surface area (Å²) >= 11 is 5.85. The Bertz CT molecular complexity index is 1190. The zero-order chi connectivity index (χ0) is 22.8. The second kappa shape index (κ2) is 9.12. The van der Waals surface area contributed by atoms with Crippen molar-refractivity contribution in [1.82, 2.24) is 5.32 Å². The number of sulfonamides is 1. The first-order chi connectivity index (χ1) is 14.6. The summed E-state index contributed by atoms with van der Waals surface area (Å²) in [6.07, 6.45) is 0. The van der Waals surface area contributed by atoms with E-state index in [1.807, 2.05) is 32.9 Å². The lowest BCUT2D eigenvalue weighted by molar-refractivity contribution is 0.0940. The van der Waals surface area contributed by atoms with Crippen molar-refractivity contribution in [2.45, 2.75) is 31.7 Å². The number of anilines is 1. The van der Waals surface area contributed by atoms with Crippen LogP contribution < -0.4 is 9.62 Å². The van der Waals surface area contributed by atoms with Crippen molar-refractivity contribution in [3.63, 3.8) is 0 Å². The summed E-state index contributed by atoms with van der Waals surface area (Å²) < 4.78 is 26.8. The fourth-order valence-corrected chi connectivity index (χ4v) is 4.72. The van der Waals surface area contributed by atoms with Crippen molar-refractivity contribution in [2.24, 2.45) is 0 Å². The highest BCUT2D eigenvalue weighted by Crippen LogP contribution is 2.24. The Balaban J connectivity index is 1.74. The highest BCUT2D eigenvalue weighted by atomic mass is 35.5. The molecular weight excluding hydrogens is 432 g/mol. The van der Waals surface area contributed by atoms with Crippen LogP contribution in [0.5, 0.6) is 0 Å². The normalized spacial score (nSPS) is 12.3. The second-order valence-electron chi connectivity index (χ2n) is 7.53. The molecule has 0 saturated heterocycles. The molecule has 3 aromatic carbocycles. The maximum absolute atomic E-state index is 12.8. The van der Waals surface area contributed by atoms with Gasteiger partial charge in [-0.1, -0.05) is 35.4 Å². The van der Waals surface area contributed by atoms with Gasteiger partial charge in [0, 0.05) is 17.6 Å². The van der Waals surface area contributed by atoms with E-state index in [0.29, 0.717) is 16.3 Å². The summed E-state index contributed by atoms with van der Waals surface area (Å²) in [6, 6.07) is 18.4. The molecule has 0 aliphatic carbocycles. The largest absolute Gasteiger partial charge is 0.346 e. The minimum atomic E-state index is -3.73. The number of nitrogens with one attached hydrogen (secondary N) is 1. The highest BCUT2D eigenvalue weighted by molar-refractivity contribution is 7.92. The molecule has 0 saturated carbocycles. The van der Waals surface area contributed by atoms with Crippen molar-refractivity contribution in [3.8, 4) is 0 Å². The molecule has 3 aromatic rings. The summed E-state index contributed by atoms with van der Waals surface area (Å²) in [5, 5.41) is 3.46. The molecule has 0 aliphatic heterocycles. The van der Waals surface area contributed by atoms with E-state index in [1.54, 1.807) is 24.3 Å². The van der Waals surface area contributed by atoms with Gasteiger partial charge in [0.05, 0.1) is 16.6 Å². The van der Waals surface area contributed by atoms with Crippen molar-refractivity contribution >= 4 is 33.2 Å². The van der Waals surface area contributed by atoms with Gasteiger partial charge in [0.25, 0.3) is 15.9 Å². The van der Waals surface area contributed by atoms with E-state index < -0.39 is 10.0 Å². The first-order valence-electron chi connectivity index (χ1n) is 9.82. The Morgan fingerprint density at radius 1 is 0.968 bits per heavy atom. The van der Waals surface area contributed by atoms with E-state index in [0.717, 1.165) is 11.1 Å². The monoisotopic (exact) mass is 456 g/mol. The van der Waals surface area contributed by atoms with Crippen LogP contribution in [0.1, 0.15) is 40.0 Å². The number of carbonyl (C=O) groups is 1. The number of aryl methyl sites for hydroxylation is 2. The van der Waals surface area contributed by atoms with Crippen LogP contribution in [0.15, 0.2) is 71.6 Å². The molecule has 0 aliphatic rings. The molecule has 0 bridgehead atoms. The molecule has 0 unspecified atom stereocenters. The predicted octanol–water partition coefficient (Wildman–Crippen LogP) is 5.27. The summed E-state index contributed by atoms with van der Waals surface area (Å²) in [7, 11) is -2.26. The van der Waals surface area contributed by atoms with Gasteiger partial charge in [0.2, 0.25) is 0 Å². The van der Waals surface area contributed by atoms with Gasteiger partial charge in [-0.15, -0.1) is 0 Å². The van der Waals surface area contributed by atoms with Crippen molar-refractivity contribution < 1.29 is 13.2 Å². The van der Waals surface area contributed by atoms with Gasteiger partial charge in [-0.05, 0) is 80.4 Å². The van der Waals surface area contributed by atoms with E-state index in [-0.39, 0.29) is 16.8 Å². The standard InChI is InChI=1S/C24H25ClN2O3S/c1-16-5-14-23(17(2)15-16)18(3)26-24(28)19-6-10-21(11-7-19)27(4)31(29,30)22-12-8-20(25)9-13-22/h5-15,18H,1-4H3,(H,26,28)/t18-/m1/s1. The van der Waals surface area contributed by atoms with Crippen LogP contribution in [0.4, 0.5) is 5.69 Å². The van der Waals surface area contributed by atoms with Crippen LogP contribution in [0.3, 0.4) is 0 Å². The number of benzene rings is 3. The average Bonchev–Trinajstić information content (AvgIpc) is 2.73. The lowest BCUT2D eigenvalue weighted by atomic mass is 10.00. The molecule has 7 heteroatoms. The van der Waals surface area contributed by atoms with Crippen molar-refractivity contribution in [3.05, 3.63) is 94.0 Å². The Hall–Kier alpha value is -2.83. The van der Waals surface area contributed by atoms with Crippen LogP contribution in [0.25, 0.3) is 0 Å². The Morgan fingerprint density at radius 3 is 2.16 bits per heavy atom. The number of rotatable bonds is 6. The molecule has 1 N–H and O–H groups in total. The third kappa shape index (κ3) is 5.09. The van der Waals surface area contributed by atoms with E-state index in [9.17, 15) is 13.2 Å². The zero-order valence-electron chi connectivity index (χ0n) is 17.9. The lowest BCUT2D eigenvalue weighted by Crippen LogP contribution is -2.28. The Labute approximate surface area is 188 Å². The first-order valence-corrected chi connectivity index (χ1v) is 11.6. The molecule has 0 radical (unpaired) electrons. The number of hydrogen-bond acceptors (Lipinski definition) is 3. The number of halogens is 1. The van der Waals surface area contributed by atoms with Gasteiger partial charge in [-0.25, -0.2) is 8.42 Å². The first kappa shape index (κ1) is 22.8. The zero-order valence-corrected chi connectivity index (χ0v) is 19.5. The maximum Gasteiger partial charge on any atom is 0.264 e. The minimum Gasteiger partial charge on any atom is -0.346 e. The third-order valence-corrected chi connectivity index (χ3v) is 7.26. The van der Waals surface area contributed by atoms with Crippen molar-refractivity contribution in [1.29, 1.82) is 0 Å². The summed E-state index contributed by atoms with van der Waals surface area (Å²) in [4.78, 5) is 12.8. The summed E-state index contributed by atoms with van der Waals surface area (Å²) in [5.41, 5.74) is 4.26. The Kier molecular flexibility index (Phi) is 6.72. The van der Waals surface area contributed by atoms with Crippen LogP contribution >= 0.6 is 11.6 Å². The molecule has 5 nitrogen and oxygen atoms in total. The molecule has 0 fully saturated rings. The number of amides is 1. The fraction of sp³-hybridized carbons (Fsp3) is 0.208. The molecule has 1 amide bonds.